The minimum atomic E-state index is -2.27. The van der Waals surface area contributed by atoms with Crippen molar-refractivity contribution in [1.29, 1.82) is 0 Å². The summed E-state index contributed by atoms with van der Waals surface area (Å²) in [4.78, 5) is 19.5. The number of halogens is 1. The van der Waals surface area contributed by atoms with Gasteiger partial charge in [-0.1, -0.05) is 20.8 Å². The smallest absolute Gasteiger partial charge is 0.335 e. The van der Waals surface area contributed by atoms with Crippen LogP contribution in [0.2, 0.25) is 0 Å². The fraction of sp³-hybridized carbons (Fsp3) is 0.500. The van der Waals surface area contributed by atoms with Gasteiger partial charge in [-0.2, -0.15) is 0 Å². The molecule has 0 bridgehead atoms. The molecule has 0 spiro atoms. The van der Waals surface area contributed by atoms with Gasteiger partial charge in [-0.15, -0.1) is 0 Å². The van der Waals surface area contributed by atoms with E-state index in [1.54, 1.807) is 6.07 Å². The van der Waals surface area contributed by atoms with Crippen LogP contribution < -0.4 is 5.73 Å². The summed E-state index contributed by atoms with van der Waals surface area (Å²) in [5.74, 6) is -3.27. The summed E-state index contributed by atoms with van der Waals surface area (Å²) in [6, 6.07) is 3.15. The Labute approximate surface area is 138 Å². The standard InChI is InChI=1S/C12H16FN.C4H6O6/c1-7-6-12(2,3)11-8(13)4-5-9(14)10(7)11;5-1(3(7)8)2(6)4(9)10/h4-5,7H,6,14H2,1-3H3;1-2,5-6H,(H,7,8)(H,9,10)/t;1-,2-/m.0/s1. The van der Waals surface area contributed by atoms with E-state index in [0.717, 1.165) is 23.2 Å². The lowest BCUT2D eigenvalue weighted by molar-refractivity contribution is -0.165. The van der Waals surface area contributed by atoms with Gasteiger partial charge in [0.15, 0.2) is 12.2 Å². The zero-order valence-electron chi connectivity index (χ0n) is 13.7. The lowest BCUT2D eigenvalue weighted by Crippen LogP contribution is -2.39. The number of benzene rings is 1. The average Bonchev–Trinajstić information content (AvgIpc) is 2.72. The Bertz CT molecular complexity index is 628. The fourth-order valence-corrected chi connectivity index (χ4v) is 3.07. The molecule has 7 nitrogen and oxygen atoms in total. The van der Waals surface area contributed by atoms with E-state index in [0.29, 0.717) is 5.92 Å². The number of aliphatic hydroxyl groups excluding tert-OH is 2. The van der Waals surface area contributed by atoms with E-state index in [1.807, 2.05) is 0 Å². The van der Waals surface area contributed by atoms with Crippen LogP contribution >= 0.6 is 0 Å². The molecule has 0 fully saturated rings. The molecule has 1 unspecified atom stereocenters. The van der Waals surface area contributed by atoms with Gasteiger partial charge in [0.05, 0.1) is 0 Å². The van der Waals surface area contributed by atoms with E-state index in [1.165, 1.54) is 6.07 Å². The second-order valence-corrected chi connectivity index (χ2v) is 6.48. The number of nitrogens with two attached hydrogens (primary N) is 1. The molecule has 24 heavy (non-hydrogen) atoms. The number of carboxylic acids is 2. The van der Waals surface area contributed by atoms with Gasteiger partial charge in [0, 0.05) is 5.69 Å². The number of fused-ring (bicyclic) bond motifs is 1. The minimum absolute atomic E-state index is 0.0752. The van der Waals surface area contributed by atoms with Crippen molar-refractivity contribution in [1.82, 2.24) is 0 Å². The molecular weight excluding hydrogens is 321 g/mol. The maximum absolute atomic E-state index is 13.7. The van der Waals surface area contributed by atoms with Gasteiger partial charge < -0.3 is 26.2 Å². The quantitative estimate of drug-likeness (QED) is 0.517. The third-order valence-corrected chi connectivity index (χ3v) is 4.02. The number of aliphatic hydroxyl groups is 2. The molecule has 134 valence electrons. The molecule has 2 rings (SSSR count). The van der Waals surface area contributed by atoms with E-state index < -0.39 is 24.1 Å². The van der Waals surface area contributed by atoms with Crippen molar-refractivity contribution < 1.29 is 34.4 Å². The molecule has 1 aliphatic carbocycles. The Hall–Kier alpha value is -2.19. The molecule has 8 heteroatoms. The molecule has 3 atom stereocenters. The molecule has 0 saturated heterocycles. The zero-order valence-corrected chi connectivity index (χ0v) is 13.7. The SMILES string of the molecule is CC1CC(C)(C)c2c(F)ccc(N)c21.O=C(O)[C@@H](O)[C@H](O)C(=O)O. The number of carboxylic acid groups (broad SMARTS) is 2. The third kappa shape index (κ3) is 4.01. The molecule has 0 heterocycles. The highest BCUT2D eigenvalue weighted by atomic mass is 19.1. The van der Waals surface area contributed by atoms with Crippen molar-refractivity contribution in [2.75, 3.05) is 5.73 Å². The first-order valence-electron chi connectivity index (χ1n) is 7.30. The topological polar surface area (TPSA) is 141 Å². The second-order valence-electron chi connectivity index (χ2n) is 6.48. The van der Waals surface area contributed by atoms with Gasteiger partial charge in [0.1, 0.15) is 5.82 Å². The summed E-state index contributed by atoms with van der Waals surface area (Å²) in [7, 11) is 0. The van der Waals surface area contributed by atoms with Crippen LogP contribution in [0.1, 0.15) is 44.2 Å². The molecular formula is C16H22FNO6. The van der Waals surface area contributed by atoms with Crippen molar-refractivity contribution in [3.05, 3.63) is 29.1 Å². The molecule has 0 aromatic heterocycles. The Morgan fingerprint density at radius 3 is 2.04 bits per heavy atom. The van der Waals surface area contributed by atoms with Crippen LogP contribution in [0.3, 0.4) is 0 Å². The first-order chi connectivity index (χ1) is 10.9. The van der Waals surface area contributed by atoms with Crippen molar-refractivity contribution in [2.45, 2.75) is 50.7 Å². The first-order valence-corrected chi connectivity index (χ1v) is 7.30. The Kier molecular flexibility index (Phi) is 5.91. The maximum Gasteiger partial charge on any atom is 0.335 e. The number of hydrogen-bond donors (Lipinski definition) is 5. The summed E-state index contributed by atoms with van der Waals surface area (Å²) in [5, 5.41) is 32.5. The summed E-state index contributed by atoms with van der Waals surface area (Å²) >= 11 is 0. The van der Waals surface area contributed by atoms with Crippen molar-refractivity contribution >= 4 is 17.6 Å². The lowest BCUT2D eigenvalue weighted by Gasteiger charge is -2.19. The third-order valence-electron chi connectivity index (χ3n) is 4.02. The largest absolute Gasteiger partial charge is 0.479 e. The normalized spacial score (nSPS) is 20.3. The Morgan fingerprint density at radius 1 is 1.21 bits per heavy atom. The highest BCUT2D eigenvalue weighted by Gasteiger charge is 2.38. The van der Waals surface area contributed by atoms with Gasteiger partial charge >= 0.3 is 11.9 Å². The zero-order chi connectivity index (χ0) is 18.8. The number of carbonyl (C=O) groups is 2. The van der Waals surface area contributed by atoms with Crippen molar-refractivity contribution in [3.63, 3.8) is 0 Å². The van der Waals surface area contributed by atoms with Crippen molar-refractivity contribution in [3.8, 4) is 0 Å². The average molecular weight is 343 g/mol. The van der Waals surface area contributed by atoms with Crippen LogP contribution in [0.15, 0.2) is 12.1 Å². The van der Waals surface area contributed by atoms with Gasteiger partial charge in [-0.25, -0.2) is 14.0 Å². The summed E-state index contributed by atoms with van der Waals surface area (Å²) < 4.78 is 13.7. The van der Waals surface area contributed by atoms with E-state index >= 15 is 0 Å². The molecule has 0 saturated carbocycles. The highest BCUT2D eigenvalue weighted by Crippen LogP contribution is 2.48. The van der Waals surface area contributed by atoms with Crippen LogP contribution in [0.25, 0.3) is 0 Å². The number of rotatable bonds is 3. The molecule has 6 N–H and O–H groups in total. The second kappa shape index (κ2) is 7.14. The van der Waals surface area contributed by atoms with Crippen LogP contribution in [0, 0.1) is 5.82 Å². The summed E-state index contributed by atoms with van der Waals surface area (Å²) in [5.41, 5.74) is 8.39. The number of anilines is 1. The van der Waals surface area contributed by atoms with Crippen LogP contribution in [0.5, 0.6) is 0 Å². The monoisotopic (exact) mass is 343 g/mol. The molecule has 1 aromatic rings. The number of hydrogen-bond acceptors (Lipinski definition) is 5. The lowest BCUT2D eigenvalue weighted by atomic mass is 9.86. The Morgan fingerprint density at radius 2 is 1.67 bits per heavy atom. The van der Waals surface area contributed by atoms with Crippen LogP contribution in [-0.4, -0.2) is 44.6 Å². The fourth-order valence-electron chi connectivity index (χ4n) is 3.07. The van der Waals surface area contributed by atoms with Gasteiger partial charge in [-0.3, -0.25) is 0 Å². The molecule has 1 aliphatic rings. The Balaban J connectivity index is 0.000000257. The van der Waals surface area contributed by atoms with Crippen LogP contribution in [0.4, 0.5) is 10.1 Å². The van der Waals surface area contributed by atoms with Crippen LogP contribution in [-0.2, 0) is 15.0 Å². The first kappa shape index (κ1) is 19.9. The maximum atomic E-state index is 13.7. The predicted octanol–water partition coefficient (Wildman–Crippen LogP) is 1.07. The molecule has 0 aliphatic heterocycles. The molecule has 0 amide bonds. The van der Waals surface area contributed by atoms with Crippen molar-refractivity contribution in [2.24, 2.45) is 0 Å². The molecule has 1 aromatic carbocycles. The van der Waals surface area contributed by atoms with E-state index in [9.17, 15) is 14.0 Å². The van der Waals surface area contributed by atoms with E-state index in [2.05, 4.69) is 20.8 Å². The minimum Gasteiger partial charge on any atom is -0.479 e. The predicted molar refractivity (Wildman–Crippen MR) is 84.2 cm³/mol. The van der Waals surface area contributed by atoms with E-state index in [4.69, 9.17) is 26.2 Å². The van der Waals surface area contributed by atoms with Gasteiger partial charge in [0.2, 0.25) is 0 Å². The van der Waals surface area contributed by atoms with Gasteiger partial charge in [-0.05, 0) is 41.0 Å². The molecule has 0 radical (unpaired) electrons. The number of aliphatic carboxylic acids is 2. The summed E-state index contributed by atoms with van der Waals surface area (Å²) in [6.07, 6.45) is -3.55. The summed E-state index contributed by atoms with van der Waals surface area (Å²) in [6.45, 7) is 6.28. The highest BCUT2D eigenvalue weighted by molar-refractivity contribution is 5.83. The number of nitrogen functional groups attached to an aromatic ring is 1. The van der Waals surface area contributed by atoms with E-state index in [-0.39, 0.29) is 11.2 Å². The van der Waals surface area contributed by atoms with Gasteiger partial charge in [0.25, 0.3) is 0 Å².